The van der Waals surface area contributed by atoms with Crippen molar-refractivity contribution in [3.8, 4) is 5.75 Å². The second-order valence-corrected chi connectivity index (χ2v) is 6.19. The minimum absolute atomic E-state index is 0.0776. The molecule has 2 heterocycles. The van der Waals surface area contributed by atoms with E-state index >= 15 is 0 Å². The van der Waals surface area contributed by atoms with Crippen LogP contribution in [0.2, 0.25) is 5.02 Å². The molecular weight excluding hydrogens is 371 g/mol. The van der Waals surface area contributed by atoms with Gasteiger partial charge in [0, 0.05) is 12.4 Å². The lowest BCUT2D eigenvalue weighted by molar-refractivity contribution is -0.137. The Morgan fingerprint density at radius 3 is 2.69 bits per heavy atom. The number of phenols is 1. The quantitative estimate of drug-likeness (QED) is 0.666. The van der Waals surface area contributed by atoms with Gasteiger partial charge in [-0.3, -0.25) is 4.79 Å². The number of aryl methyl sites for hydroxylation is 1. The van der Waals surface area contributed by atoms with Gasteiger partial charge in [-0.1, -0.05) is 17.7 Å². The molecule has 0 aliphatic rings. The number of halogens is 4. The third kappa shape index (κ3) is 3.75. The third-order valence-electron chi connectivity index (χ3n) is 3.65. The van der Waals surface area contributed by atoms with E-state index in [2.05, 4.69) is 10.3 Å². The number of rotatable bonds is 3. The van der Waals surface area contributed by atoms with E-state index in [1.54, 1.807) is 19.1 Å². The number of hydrogen-bond acceptors (Lipinski definition) is 3. The molecule has 3 rings (SSSR count). The SMILES string of the molecule is Cc1ccc(NC(=O)Cc2cn3cc(C(F)(F)F)cc(Cl)c3n2)c(O)c1. The molecule has 0 fully saturated rings. The summed E-state index contributed by atoms with van der Waals surface area (Å²) < 4.78 is 39.7. The van der Waals surface area contributed by atoms with Crippen molar-refractivity contribution in [1.29, 1.82) is 0 Å². The number of aromatic hydroxyl groups is 1. The summed E-state index contributed by atoms with van der Waals surface area (Å²) >= 11 is 5.87. The van der Waals surface area contributed by atoms with Crippen LogP contribution in [0.15, 0.2) is 36.7 Å². The molecule has 9 heteroatoms. The summed E-state index contributed by atoms with van der Waals surface area (Å²) in [6.45, 7) is 1.79. The highest BCUT2D eigenvalue weighted by molar-refractivity contribution is 6.33. The van der Waals surface area contributed by atoms with Crippen LogP contribution in [-0.4, -0.2) is 20.4 Å². The molecule has 1 amide bonds. The number of pyridine rings is 1. The van der Waals surface area contributed by atoms with Crippen molar-refractivity contribution in [2.75, 3.05) is 5.32 Å². The molecule has 0 saturated heterocycles. The second kappa shape index (κ2) is 6.53. The maximum atomic E-state index is 12.8. The summed E-state index contributed by atoms with van der Waals surface area (Å²) in [5.41, 5.74) is 0.529. The molecule has 136 valence electrons. The first-order valence-electron chi connectivity index (χ1n) is 7.47. The normalized spacial score (nSPS) is 11.7. The fourth-order valence-electron chi connectivity index (χ4n) is 2.45. The van der Waals surface area contributed by atoms with Crippen LogP contribution in [0.4, 0.5) is 18.9 Å². The molecule has 0 aliphatic heterocycles. The van der Waals surface area contributed by atoms with Crippen LogP contribution >= 0.6 is 11.6 Å². The summed E-state index contributed by atoms with van der Waals surface area (Å²) in [5.74, 6) is -0.550. The van der Waals surface area contributed by atoms with Gasteiger partial charge in [0.2, 0.25) is 5.91 Å². The average molecular weight is 384 g/mol. The monoisotopic (exact) mass is 383 g/mol. The van der Waals surface area contributed by atoms with Crippen LogP contribution in [-0.2, 0) is 17.4 Å². The van der Waals surface area contributed by atoms with Gasteiger partial charge < -0.3 is 14.8 Å². The molecule has 0 spiro atoms. The number of anilines is 1. The number of phenolic OH excluding ortho intramolecular Hbond substituents is 1. The molecule has 0 bridgehead atoms. The number of hydrogen-bond donors (Lipinski definition) is 2. The van der Waals surface area contributed by atoms with Crippen LogP contribution in [0.1, 0.15) is 16.8 Å². The van der Waals surface area contributed by atoms with E-state index in [4.69, 9.17) is 11.6 Å². The van der Waals surface area contributed by atoms with E-state index in [-0.39, 0.29) is 34.2 Å². The Hall–Kier alpha value is -2.74. The van der Waals surface area contributed by atoms with Gasteiger partial charge in [-0.2, -0.15) is 13.2 Å². The van der Waals surface area contributed by atoms with Crippen molar-refractivity contribution in [3.05, 3.63) is 58.5 Å². The maximum absolute atomic E-state index is 12.8. The van der Waals surface area contributed by atoms with E-state index in [1.165, 1.54) is 12.3 Å². The Balaban J connectivity index is 1.82. The maximum Gasteiger partial charge on any atom is 0.417 e. The number of benzene rings is 1. The molecule has 2 aromatic heterocycles. The topological polar surface area (TPSA) is 66.6 Å². The lowest BCUT2D eigenvalue weighted by atomic mass is 10.2. The molecule has 0 radical (unpaired) electrons. The molecule has 2 N–H and O–H groups in total. The first-order chi connectivity index (χ1) is 12.1. The summed E-state index contributed by atoms with van der Waals surface area (Å²) in [7, 11) is 0. The van der Waals surface area contributed by atoms with Gasteiger partial charge in [0.25, 0.3) is 0 Å². The highest BCUT2D eigenvalue weighted by atomic mass is 35.5. The largest absolute Gasteiger partial charge is 0.506 e. The molecule has 0 saturated carbocycles. The molecule has 0 aliphatic carbocycles. The average Bonchev–Trinajstić information content (AvgIpc) is 2.92. The minimum Gasteiger partial charge on any atom is -0.506 e. The lowest BCUT2D eigenvalue weighted by Crippen LogP contribution is -2.14. The van der Waals surface area contributed by atoms with Gasteiger partial charge in [-0.25, -0.2) is 4.98 Å². The van der Waals surface area contributed by atoms with E-state index in [0.717, 1.165) is 22.2 Å². The zero-order chi connectivity index (χ0) is 19.1. The first-order valence-corrected chi connectivity index (χ1v) is 7.85. The van der Waals surface area contributed by atoms with Crippen LogP contribution in [0.25, 0.3) is 5.65 Å². The van der Waals surface area contributed by atoms with Crippen molar-refractivity contribution >= 4 is 28.8 Å². The summed E-state index contributed by atoms with van der Waals surface area (Å²) in [4.78, 5) is 16.2. The lowest BCUT2D eigenvalue weighted by Gasteiger charge is -2.07. The van der Waals surface area contributed by atoms with Crippen molar-refractivity contribution in [3.63, 3.8) is 0 Å². The van der Waals surface area contributed by atoms with Crippen LogP contribution in [0.3, 0.4) is 0 Å². The first kappa shape index (κ1) is 18.1. The van der Waals surface area contributed by atoms with Crippen molar-refractivity contribution in [2.45, 2.75) is 19.5 Å². The van der Waals surface area contributed by atoms with Crippen LogP contribution < -0.4 is 5.32 Å². The van der Waals surface area contributed by atoms with Gasteiger partial charge >= 0.3 is 6.18 Å². The van der Waals surface area contributed by atoms with E-state index in [0.29, 0.717) is 0 Å². The van der Waals surface area contributed by atoms with Crippen LogP contribution in [0.5, 0.6) is 5.75 Å². The Bertz CT molecular complexity index is 999. The highest BCUT2D eigenvalue weighted by Gasteiger charge is 2.32. The van der Waals surface area contributed by atoms with E-state index in [1.807, 2.05) is 0 Å². The number of fused-ring (bicyclic) bond motifs is 1. The zero-order valence-electron chi connectivity index (χ0n) is 13.4. The Morgan fingerprint density at radius 2 is 2.04 bits per heavy atom. The van der Waals surface area contributed by atoms with Gasteiger partial charge in [0.05, 0.1) is 28.4 Å². The van der Waals surface area contributed by atoms with E-state index in [9.17, 15) is 23.1 Å². The fraction of sp³-hybridized carbons (Fsp3) is 0.176. The predicted octanol–water partition coefficient (Wildman–Crippen LogP) is 4.20. The summed E-state index contributed by atoms with van der Waals surface area (Å²) in [6.07, 6.45) is -2.55. The number of nitrogens with zero attached hydrogens (tertiary/aromatic N) is 2. The molecule has 5 nitrogen and oxygen atoms in total. The minimum atomic E-state index is -4.54. The Kier molecular flexibility index (Phi) is 4.53. The third-order valence-corrected chi connectivity index (χ3v) is 3.93. The summed E-state index contributed by atoms with van der Waals surface area (Å²) in [5, 5.41) is 12.2. The number of imidazole rings is 1. The zero-order valence-corrected chi connectivity index (χ0v) is 14.2. The van der Waals surface area contributed by atoms with Crippen LogP contribution in [0, 0.1) is 6.92 Å². The molecule has 1 aromatic carbocycles. The molecule has 0 unspecified atom stereocenters. The van der Waals surface area contributed by atoms with E-state index < -0.39 is 17.6 Å². The number of aromatic nitrogens is 2. The number of carbonyl (C=O) groups is 1. The molecule has 3 aromatic rings. The Labute approximate surface area is 151 Å². The smallest absolute Gasteiger partial charge is 0.417 e. The standard InChI is InChI=1S/C17H13ClF3N3O2/c1-9-2-3-13(14(25)4-9)23-15(26)6-11-8-24-7-10(17(19,20)21)5-12(18)16(24)22-11/h2-5,7-8,25H,6H2,1H3,(H,23,26). The van der Waals surface area contributed by atoms with Gasteiger partial charge in [-0.15, -0.1) is 0 Å². The van der Waals surface area contributed by atoms with Gasteiger partial charge in [-0.05, 0) is 30.7 Å². The van der Waals surface area contributed by atoms with Crippen molar-refractivity contribution in [1.82, 2.24) is 9.38 Å². The number of nitrogens with one attached hydrogen (secondary N) is 1. The molecule has 0 atom stereocenters. The fourth-order valence-corrected chi connectivity index (χ4v) is 2.71. The van der Waals surface area contributed by atoms with Crippen molar-refractivity contribution in [2.24, 2.45) is 0 Å². The molecule has 26 heavy (non-hydrogen) atoms. The number of carbonyl (C=O) groups excluding carboxylic acids is 1. The predicted molar refractivity (Wildman–Crippen MR) is 90.4 cm³/mol. The second-order valence-electron chi connectivity index (χ2n) is 5.78. The number of amides is 1. The Morgan fingerprint density at radius 1 is 1.31 bits per heavy atom. The van der Waals surface area contributed by atoms with Gasteiger partial charge in [0.15, 0.2) is 5.65 Å². The van der Waals surface area contributed by atoms with Gasteiger partial charge in [0.1, 0.15) is 5.75 Å². The summed E-state index contributed by atoms with van der Waals surface area (Å²) in [6, 6.07) is 5.56. The molecular formula is C17H13ClF3N3O2. The highest BCUT2D eigenvalue weighted by Crippen LogP contribution is 2.32. The number of alkyl halides is 3. The van der Waals surface area contributed by atoms with Crippen molar-refractivity contribution < 1.29 is 23.1 Å².